The maximum atomic E-state index is 14.9. The second kappa shape index (κ2) is 10.1. The molecule has 1 saturated heterocycles. The van der Waals surface area contributed by atoms with Crippen molar-refractivity contribution < 1.29 is 14.3 Å². The molecule has 10 heteroatoms. The first-order valence-electron chi connectivity index (χ1n) is 15.5. The van der Waals surface area contributed by atoms with Crippen LogP contribution in [0.4, 0.5) is 21.6 Å². The van der Waals surface area contributed by atoms with Crippen molar-refractivity contribution in [3.05, 3.63) is 59.9 Å². The number of benzene rings is 1. The first-order chi connectivity index (χ1) is 20.9. The van der Waals surface area contributed by atoms with Gasteiger partial charge in [0.1, 0.15) is 5.52 Å². The zero-order chi connectivity index (χ0) is 31.1. The van der Waals surface area contributed by atoms with E-state index >= 15 is 0 Å². The number of likely N-dealkylation sites (tertiary alicyclic amines) is 1. The molecule has 2 aliphatic heterocycles. The van der Waals surface area contributed by atoms with Crippen LogP contribution in [0.1, 0.15) is 71.7 Å². The molecule has 0 unspecified atom stereocenters. The first kappa shape index (κ1) is 28.9. The van der Waals surface area contributed by atoms with E-state index in [1.165, 1.54) is 6.07 Å². The molecule has 7 rings (SSSR count). The molecule has 0 bridgehead atoms. The molecule has 9 nitrogen and oxygen atoms in total. The number of amides is 1. The molecule has 0 radical (unpaired) electrons. The smallest absolute Gasteiger partial charge is 0.237 e. The third-order valence-corrected chi connectivity index (χ3v) is 9.65. The van der Waals surface area contributed by atoms with Crippen LogP contribution in [-0.2, 0) is 16.8 Å². The molecule has 1 aromatic carbocycles. The van der Waals surface area contributed by atoms with Gasteiger partial charge in [0, 0.05) is 42.5 Å². The Morgan fingerprint density at radius 3 is 2.50 bits per heavy atom. The van der Waals surface area contributed by atoms with Gasteiger partial charge in [-0.3, -0.25) is 14.7 Å². The highest BCUT2D eigenvalue weighted by Gasteiger charge is 2.51. The Balaban J connectivity index is 1.27. The molecular formula is C34H40FN7O2. The maximum Gasteiger partial charge on any atom is 0.237 e. The maximum absolute atomic E-state index is 14.9. The number of nitrogens with zero attached hydrogens (tertiary/aromatic N) is 6. The van der Waals surface area contributed by atoms with E-state index in [9.17, 15) is 14.3 Å². The van der Waals surface area contributed by atoms with Crippen LogP contribution in [0.25, 0.3) is 22.3 Å². The van der Waals surface area contributed by atoms with Gasteiger partial charge in [-0.2, -0.15) is 0 Å². The Bertz CT molecular complexity index is 1780. The molecular weight excluding hydrogens is 557 g/mol. The quantitative estimate of drug-likeness (QED) is 0.272. The highest BCUT2D eigenvalue weighted by molar-refractivity contribution is 6.08. The zero-order valence-electron chi connectivity index (χ0n) is 26.2. The number of pyridine rings is 2. The number of rotatable bonds is 7. The number of aliphatic hydroxyl groups excluding tert-OH is 1. The van der Waals surface area contributed by atoms with Crippen molar-refractivity contribution in [2.75, 3.05) is 23.3 Å². The first-order valence-corrected chi connectivity index (χ1v) is 15.5. The van der Waals surface area contributed by atoms with E-state index in [0.717, 1.165) is 60.0 Å². The highest BCUT2D eigenvalue weighted by Crippen LogP contribution is 2.48. The number of fused-ring (bicyclic) bond motifs is 2. The predicted octanol–water partition coefficient (Wildman–Crippen LogP) is 5.95. The summed E-state index contributed by atoms with van der Waals surface area (Å²) in [7, 11) is 0. The third-order valence-electron chi connectivity index (χ3n) is 9.65. The number of hydrogen-bond acceptors (Lipinski definition) is 7. The normalized spacial score (nSPS) is 22.3. The van der Waals surface area contributed by atoms with Gasteiger partial charge in [0.2, 0.25) is 5.91 Å². The molecule has 44 heavy (non-hydrogen) atoms. The van der Waals surface area contributed by atoms with Gasteiger partial charge in [-0.1, -0.05) is 26.0 Å². The van der Waals surface area contributed by atoms with Crippen LogP contribution < -0.4 is 10.2 Å². The topological polar surface area (TPSA) is 99.4 Å². The summed E-state index contributed by atoms with van der Waals surface area (Å²) in [6.07, 6.45) is 4.84. The van der Waals surface area contributed by atoms with Gasteiger partial charge in [0.05, 0.1) is 47.1 Å². The summed E-state index contributed by atoms with van der Waals surface area (Å²) < 4.78 is 16.9. The fourth-order valence-corrected chi connectivity index (χ4v) is 7.16. The van der Waals surface area contributed by atoms with Crippen molar-refractivity contribution in [3.63, 3.8) is 0 Å². The Morgan fingerprint density at radius 1 is 1.07 bits per heavy atom. The standard InChI is InChI=1S/C34H40FN7O2/c1-19(2)41-18-37-28-13-26(38-31(30(28)41)39-27-10-21(15-43)36-14-25(27)35)20-7-8-24-29(9-20)42(32(44)34(24,5)6)23-11-22(12-23)40-16-33(3,4)17-40/h7-10,13-14,18-19,22-23,43H,11-12,15-17H2,1-6H3,(H,36,38,39)/t22-,23+. The molecule has 1 saturated carbocycles. The molecule has 3 aliphatic rings. The fourth-order valence-electron chi connectivity index (χ4n) is 7.16. The number of hydrogen-bond donors (Lipinski definition) is 2. The van der Waals surface area contributed by atoms with E-state index in [4.69, 9.17) is 4.98 Å². The van der Waals surface area contributed by atoms with Crippen molar-refractivity contribution in [1.82, 2.24) is 24.4 Å². The Labute approximate surface area is 257 Å². The minimum absolute atomic E-state index is 0.0962. The molecule has 230 valence electrons. The third kappa shape index (κ3) is 4.57. The zero-order valence-corrected chi connectivity index (χ0v) is 26.2. The summed E-state index contributed by atoms with van der Waals surface area (Å²) in [4.78, 5) is 32.0. The van der Waals surface area contributed by atoms with Crippen LogP contribution in [0, 0.1) is 11.2 Å². The number of imidazole rings is 1. The van der Waals surface area contributed by atoms with Gasteiger partial charge in [-0.25, -0.2) is 14.4 Å². The van der Waals surface area contributed by atoms with Gasteiger partial charge < -0.3 is 19.9 Å². The molecule has 1 amide bonds. The van der Waals surface area contributed by atoms with Crippen LogP contribution in [0.15, 0.2) is 42.9 Å². The number of aliphatic hydroxyl groups is 1. The summed E-state index contributed by atoms with van der Waals surface area (Å²) in [6, 6.07) is 10.4. The van der Waals surface area contributed by atoms with Gasteiger partial charge in [-0.05, 0) is 69.7 Å². The van der Waals surface area contributed by atoms with Crippen molar-refractivity contribution in [3.8, 4) is 11.3 Å². The summed E-state index contributed by atoms with van der Waals surface area (Å²) in [6.45, 7) is 14.7. The number of anilines is 3. The lowest BCUT2D eigenvalue weighted by atomic mass is 9.76. The monoisotopic (exact) mass is 597 g/mol. The molecule has 2 N–H and O–H groups in total. The molecule has 0 atom stereocenters. The van der Waals surface area contributed by atoms with Crippen LogP contribution in [0.3, 0.4) is 0 Å². The molecule has 3 aromatic heterocycles. The minimum Gasteiger partial charge on any atom is -0.390 e. The minimum atomic E-state index is -0.610. The van der Waals surface area contributed by atoms with Crippen LogP contribution in [0.5, 0.6) is 0 Å². The van der Waals surface area contributed by atoms with Gasteiger partial charge >= 0.3 is 0 Å². The summed E-state index contributed by atoms with van der Waals surface area (Å²) >= 11 is 0. The number of nitrogens with one attached hydrogen (secondary N) is 1. The average molecular weight is 598 g/mol. The molecule has 2 fully saturated rings. The van der Waals surface area contributed by atoms with E-state index in [0.29, 0.717) is 28.7 Å². The molecule has 1 aliphatic carbocycles. The van der Waals surface area contributed by atoms with E-state index in [-0.39, 0.29) is 30.3 Å². The molecule has 0 spiro atoms. The number of aromatic nitrogens is 4. The molecule has 4 aromatic rings. The lowest BCUT2D eigenvalue weighted by molar-refractivity contribution is -0.123. The van der Waals surface area contributed by atoms with Crippen LogP contribution in [0.2, 0.25) is 0 Å². The Hall–Kier alpha value is -3.89. The average Bonchev–Trinajstić information content (AvgIpc) is 3.46. The van der Waals surface area contributed by atoms with E-state index in [1.807, 2.05) is 35.4 Å². The lowest BCUT2D eigenvalue weighted by Crippen LogP contribution is -2.64. The van der Waals surface area contributed by atoms with E-state index in [1.54, 1.807) is 6.33 Å². The van der Waals surface area contributed by atoms with Gasteiger partial charge in [0.15, 0.2) is 11.6 Å². The van der Waals surface area contributed by atoms with E-state index in [2.05, 4.69) is 60.0 Å². The Morgan fingerprint density at radius 2 is 1.82 bits per heavy atom. The van der Waals surface area contributed by atoms with Crippen molar-refractivity contribution >= 4 is 34.1 Å². The van der Waals surface area contributed by atoms with Crippen molar-refractivity contribution in [2.45, 2.75) is 84.5 Å². The molecule has 5 heterocycles. The summed E-state index contributed by atoms with van der Waals surface area (Å²) in [5.41, 5.74) is 5.26. The highest BCUT2D eigenvalue weighted by atomic mass is 19.1. The van der Waals surface area contributed by atoms with Crippen molar-refractivity contribution in [1.29, 1.82) is 0 Å². The number of carbonyl (C=O) groups excluding carboxylic acids is 1. The van der Waals surface area contributed by atoms with Gasteiger partial charge in [0.25, 0.3) is 0 Å². The fraction of sp³-hybridized carbons (Fsp3) is 0.471. The summed E-state index contributed by atoms with van der Waals surface area (Å²) in [5, 5.41) is 12.8. The van der Waals surface area contributed by atoms with Crippen LogP contribution >= 0.6 is 0 Å². The number of carbonyl (C=O) groups is 1. The number of halogens is 1. The van der Waals surface area contributed by atoms with Crippen molar-refractivity contribution in [2.24, 2.45) is 5.41 Å². The van der Waals surface area contributed by atoms with Gasteiger partial charge in [-0.15, -0.1) is 0 Å². The van der Waals surface area contributed by atoms with Crippen LogP contribution in [-0.4, -0.2) is 60.6 Å². The predicted molar refractivity (Wildman–Crippen MR) is 169 cm³/mol. The Kier molecular flexibility index (Phi) is 6.60. The summed E-state index contributed by atoms with van der Waals surface area (Å²) in [5.74, 6) is 0.0461. The second-order valence-electron chi connectivity index (χ2n) is 14.3. The van der Waals surface area contributed by atoms with E-state index < -0.39 is 11.2 Å². The largest absolute Gasteiger partial charge is 0.390 e. The lowest BCUT2D eigenvalue weighted by Gasteiger charge is -2.55. The SMILES string of the molecule is CC(C)n1cnc2cc(-c3ccc4c(c3)N([C@H]3C[C@@H](N5CC(C)(C)C5)C3)C(=O)C4(C)C)nc(Nc3cc(CO)ncc3F)c21. The second-order valence-corrected chi connectivity index (χ2v) is 14.3.